The van der Waals surface area contributed by atoms with E-state index in [2.05, 4.69) is 30.3 Å². The molecule has 0 N–H and O–H groups in total. The van der Waals surface area contributed by atoms with Crippen LogP contribution >= 0.6 is 0 Å². The Morgan fingerprint density at radius 1 is 0.679 bits per heavy atom. The van der Waals surface area contributed by atoms with Gasteiger partial charge in [0.15, 0.2) is 0 Å². The van der Waals surface area contributed by atoms with Gasteiger partial charge in [0.1, 0.15) is 10.5 Å². The molecule has 0 aromatic heterocycles. The van der Waals surface area contributed by atoms with Gasteiger partial charge in [-0.25, -0.2) is 0 Å². The molecule has 3 fully saturated rings. The molecule has 0 bridgehead atoms. The van der Waals surface area contributed by atoms with Crippen LogP contribution in [0, 0.1) is 17.8 Å². The van der Waals surface area contributed by atoms with Crippen molar-refractivity contribution in [2.24, 2.45) is 17.8 Å². The smallest absolute Gasteiger partial charge is 0.146 e. The van der Waals surface area contributed by atoms with Crippen LogP contribution in [0.4, 0.5) is 0 Å². The third-order valence-corrected chi connectivity index (χ3v) is 9.15. The fourth-order valence-corrected chi connectivity index (χ4v) is 8.31. The largest absolute Gasteiger partial charge is 0.424 e. The van der Waals surface area contributed by atoms with Crippen LogP contribution in [0.25, 0.3) is 0 Å². The van der Waals surface area contributed by atoms with E-state index in [1.807, 2.05) is 0 Å². The number of rotatable bonds is 6. The number of hydrogen-bond donors (Lipinski definition) is 0. The van der Waals surface area contributed by atoms with E-state index in [1.165, 1.54) is 96.3 Å². The third-order valence-electron chi connectivity index (χ3n) is 8.64. The molecule has 0 aliphatic heterocycles. The molecule has 0 spiro atoms. The lowest BCUT2D eigenvalue weighted by Crippen LogP contribution is -2.56. The van der Waals surface area contributed by atoms with Crippen LogP contribution in [0.15, 0.2) is 30.3 Å². The zero-order valence-corrected chi connectivity index (χ0v) is 20.2. The van der Waals surface area contributed by atoms with Crippen LogP contribution in [0.3, 0.4) is 0 Å². The summed E-state index contributed by atoms with van der Waals surface area (Å²) in [5.41, 5.74) is 1.91. The summed E-state index contributed by atoms with van der Waals surface area (Å²) < 4.78 is 6.76. The molecular weight excluding hydrogens is 356 g/mol. The molecule has 156 valence electrons. The van der Waals surface area contributed by atoms with Gasteiger partial charge in [0, 0.05) is 5.41 Å². The van der Waals surface area contributed by atoms with Crippen molar-refractivity contribution >= 4 is 10.5 Å². The highest BCUT2D eigenvalue weighted by Gasteiger charge is 2.54. The monoisotopic (exact) mass is 398 g/mol. The van der Waals surface area contributed by atoms with E-state index in [1.54, 1.807) is 5.56 Å². The number of benzene rings is 1. The van der Waals surface area contributed by atoms with Crippen molar-refractivity contribution in [2.75, 3.05) is 0 Å². The summed E-state index contributed by atoms with van der Waals surface area (Å²) >= 11 is 0. The zero-order valence-electron chi connectivity index (χ0n) is 18.2. The molecule has 1 aromatic rings. The summed E-state index contributed by atoms with van der Waals surface area (Å²) in [5.74, 6) is 2.44. The Balaban J connectivity index is 1.82. The van der Waals surface area contributed by atoms with Crippen molar-refractivity contribution in [1.29, 1.82) is 0 Å². The second-order valence-corrected chi connectivity index (χ2v) is 10.5. The quantitative estimate of drug-likeness (QED) is 0.509. The van der Waals surface area contributed by atoms with Gasteiger partial charge in [-0.2, -0.15) is 0 Å². The van der Waals surface area contributed by atoms with Gasteiger partial charge in [0.05, 0.1) is 6.10 Å². The Kier molecular flexibility index (Phi) is 7.33. The lowest BCUT2D eigenvalue weighted by Gasteiger charge is -2.56. The molecule has 28 heavy (non-hydrogen) atoms. The van der Waals surface area contributed by atoms with Crippen molar-refractivity contribution in [3.8, 4) is 0 Å². The van der Waals surface area contributed by atoms with E-state index < -0.39 is 0 Å². The van der Waals surface area contributed by atoms with Crippen molar-refractivity contribution in [2.45, 2.75) is 108 Å². The predicted octanol–water partition coefficient (Wildman–Crippen LogP) is 6.33. The highest BCUT2D eigenvalue weighted by molar-refractivity contribution is 5.98. The van der Waals surface area contributed by atoms with E-state index in [9.17, 15) is 0 Å². The highest BCUT2D eigenvalue weighted by atomic mass is 28.2. The van der Waals surface area contributed by atoms with E-state index >= 15 is 0 Å². The topological polar surface area (TPSA) is 9.23 Å². The lowest BCUT2D eigenvalue weighted by atomic mass is 9.51. The average Bonchev–Trinajstić information content (AvgIpc) is 2.80. The maximum absolute atomic E-state index is 6.76. The summed E-state index contributed by atoms with van der Waals surface area (Å²) in [6, 6.07) is 11.8. The van der Waals surface area contributed by atoms with Gasteiger partial charge in [-0.1, -0.05) is 88.1 Å². The van der Waals surface area contributed by atoms with E-state index in [-0.39, 0.29) is 5.41 Å². The van der Waals surface area contributed by atoms with Crippen LogP contribution < -0.4 is 0 Å². The molecule has 0 amide bonds. The minimum Gasteiger partial charge on any atom is -0.424 e. The maximum Gasteiger partial charge on any atom is 0.146 e. The summed E-state index contributed by atoms with van der Waals surface area (Å²) in [6.07, 6.45) is 21.9. The molecule has 1 aromatic carbocycles. The second kappa shape index (κ2) is 9.94. The molecule has 1 nitrogen and oxygen atoms in total. The predicted molar refractivity (Wildman–Crippen MR) is 123 cm³/mol. The van der Waals surface area contributed by atoms with Gasteiger partial charge in [0.2, 0.25) is 0 Å². The average molecular weight is 399 g/mol. The Morgan fingerprint density at radius 3 is 1.61 bits per heavy atom. The molecule has 4 rings (SSSR count). The van der Waals surface area contributed by atoms with E-state index in [0.717, 1.165) is 28.2 Å². The number of hydrogen-bond acceptors (Lipinski definition) is 1. The van der Waals surface area contributed by atoms with Gasteiger partial charge >= 0.3 is 0 Å². The van der Waals surface area contributed by atoms with Crippen molar-refractivity contribution in [1.82, 2.24) is 0 Å². The first-order chi connectivity index (χ1) is 13.9. The van der Waals surface area contributed by atoms with E-state index in [4.69, 9.17) is 4.43 Å². The zero-order chi connectivity index (χ0) is 19.2. The minimum absolute atomic E-state index is 0.270. The Hall–Kier alpha value is -0.603. The van der Waals surface area contributed by atoms with Crippen LogP contribution in [0.2, 0.25) is 0 Å². The van der Waals surface area contributed by atoms with Gasteiger partial charge in [-0.15, -0.1) is 0 Å². The first kappa shape index (κ1) is 20.7. The molecular formula is C26H42OSi. The van der Waals surface area contributed by atoms with Gasteiger partial charge < -0.3 is 4.43 Å². The fraction of sp³-hybridized carbons (Fsp3) is 0.769. The standard InChI is InChI=1S/C26H42OSi/c28-27-25(21-13-5-1-6-14-21)26(22-15-7-2-8-16-22,23-17-9-3-10-18-23)24-19-11-4-12-20-24/h2,7-8,15-16,21,23-25H,1,3-6,9-14,17-20H2,28H3. The van der Waals surface area contributed by atoms with Crippen LogP contribution in [0.1, 0.15) is 102 Å². The van der Waals surface area contributed by atoms with Crippen molar-refractivity contribution < 1.29 is 4.43 Å². The van der Waals surface area contributed by atoms with Gasteiger partial charge in [-0.05, 0) is 61.8 Å². The molecule has 3 aliphatic rings. The Bertz CT molecular complexity index is 549. The van der Waals surface area contributed by atoms with Crippen molar-refractivity contribution in [3.63, 3.8) is 0 Å². The van der Waals surface area contributed by atoms with E-state index in [0.29, 0.717) is 6.10 Å². The molecule has 0 radical (unpaired) electrons. The Labute approximate surface area is 176 Å². The van der Waals surface area contributed by atoms with Gasteiger partial charge in [-0.3, -0.25) is 0 Å². The molecule has 3 aliphatic carbocycles. The second-order valence-electron chi connectivity index (χ2n) is 10.0. The SMILES string of the molecule is [SiH3]OC(C1CCCCC1)C(c1ccccc1)(C1CCCCC1)C1CCCCC1. The minimum atomic E-state index is 0.270. The normalized spacial score (nSPS) is 25.0. The highest BCUT2D eigenvalue weighted by Crippen LogP contribution is 2.55. The van der Waals surface area contributed by atoms with Crippen molar-refractivity contribution in [3.05, 3.63) is 35.9 Å². The maximum atomic E-state index is 6.76. The summed E-state index contributed by atoms with van der Waals surface area (Å²) in [7, 11) is 0.879. The van der Waals surface area contributed by atoms with Gasteiger partial charge in [0.25, 0.3) is 0 Å². The summed E-state index contributed by atoms with van der Waals surface area (Å²) in [6.45, 7) is 0. The molecule has 3 saturated carbocycles. The summed E-state index contributed by atoms with van der Waals surface area (Å²) in [4.78, 5) is 0. The molecule has 2 heteroatoms. The Morgan fingerprint density at radius 2 is 1.14 bits per heavy atom. The lowest BCUT2D eigenvalue weighted by molar-refractivity contribution is -0.0459. The molecule has 1 unspecified atom stereocenters. The van der Waals surface area contributed by atoms with Crippen LogP contribution in [0.5, 0.6) is 0 Å². The van der Waals surface area contributed by atoms with Crippen LogP contribution in [-0.2, 0) is 9.84 Å². The first-order valence-electron chi connectivity index (χ1n) is 12.5. The first-order valence-corrected chi connectivity index (χ1v) is 13.3. The molecule has 0 heterocycles. The third kappa shape index (κ3) is 4.01. The molecule has 0 saturated heterocycles. The fourth-order valence-electron chi connectivity index (χ4n) is 7.54. The van der Waals surface area contributed by atoms with Crippen LogP contribution in [-0.4, -0.2) is 16.6 Å². The molecule has 1 atom stereocenters. The summed E-state index contributed by atoms with van der Waals surface area (Å²) in [5, 5.41) is 0.